The van der Waals surface area contributed by atoms with Gasteiger partial charge >= 0.3 is 0 Å². The number of carbonyl (C=O) groups excluding carboxylic acids is 2. The van der Waals surface area contributed by atoms with Crippen molar-refractivity contribution in [2.24, 2.45) is 11.0 Å². The van der Waals surface area contributed by atoms with Crippen LogP contribution in [-0.4, -0.2) is 24.1 Å². The number of benzene rings is 2. The van der Waals surface area contributed by atoms with Crippen LogP contribution in [0.3, 0.4) is 0 Å². The maximum absolute atomic E-state index is 12.5. The summed E-state index contributed by atoms with van der Waals surface area (Å²) in [5.41, 5.74) is 6.35. The quantitative estimate of drug-likeness (QED) is 0.570. The molecule has 2 aromatic rings. The maximum Gasteiger partial charge on any atom is 0.262 e. The van der Waals surface area contributed by atoms with E-state index in [0.717, 1.165) is 11.1 Å². The van der Waals surface area contributed by atoms with Crippen LogP contribution in [0.15, 0.2) is 53.6 Å². The summed E-state index contributed by atoms with van der Waals surface area (Å²) in [6, 6.07) is 14.6. The third-order valence-electron chi connectivity index (χ3n) is 4.71. The van der Waals surface area contributed by atoms with Crippen LogP contribution in [0.25, 0.3) is 0 Å². The minimum Gasteiger partial charge on any atom is -0.340 e. The van der Waals surface area contributed by atoms with Crippen molar-refractivity contribution in [2.75, 3.05) is 0 Å². The minimum atomic E-state index is -0.677. The maximum atomic E-state index is 12.5. The summed E-state index contributed by atoms with van der Waals surface area (Å²) in [5.74, 6) is -0.700. The van der Waals surface area contributed by atoms with Crippen molar-refractivity contribution < 1.29 is 9.59 Å². The third kappa shape index (κ3) is 6.56. The molecule has 0 aliphatic carbocycles. The zero-order chi connectivity index (χ0) is 21.6. The van der Waals surface area contributed by atoms with Crippen molar-refractivity contribution in [3.05, 3.63) is 70.8 Å². The molecule has 2 N–H and O–H groups in total. The molecule has 154 valence electrons. The predicted octanol–water partition coefficient (Wildman–Crippen LogP) is 4.20. The summed E-state index contributed by atoms with van der Waals surface area (Å²) in [6.45, 7) is 12.2. The fraction of sp³-hybridized carbons (Fsp3) is 0.375. The zero-order valence-electron chi connectivity index (χ0n) is 18.1. The van der Waals surface area contributed by atoms with Crippen LogP contribution in [0.4, 0.5) is 0 Å². The van der Waals surface area contributed by atoms with Crippen LogP contribution in [0, 0.1) is 12.8 Å². The minimum absolute atomic E-state index is 0.0781. The number of amides is 2. The van der Waals surface area contributed by atoms with E-state index in [0.29, 0.717) is 5.56 Å². The van der Waals surface area contributed by atoms with Gasteiger partial charge in [0, 0.05) is 5.56 Å². The average molecular weight is 394 g/mol. The van der Waals surface area contributed by atoms with Gasteiger partial charge in [-0.2, -0.15) is 5.10 Å². The highest BCUT2D eigenvalue weighted by Crippen LogP contribution is 2.21. The summed E-state index contributed by atoms with van der Waals surface area (Å²) in [7, 11) is 0. The summed E-state index contributed by atoms with van der Waals surface area (Å²) < 4.78 is 0. The van der Waals surface area contributed by atoms with Gasteiger partial charge in [-0.15, -0.1) is 0 Å². The first-order chi connectivity index (χ1) is 13.6. The van der Waals surface area contributed by atoms with E-state index in [-0.39, 0.29) is 23.1 Å². The molecule has 2 rings (SSSR count). The van der Waals surface area contributed by atoms with E-state index in [9.17, 15) is 9.59 Å². The molecule has 0 aliphatic rings. The number of rotatable bonds is 6. The zero-order valence-corrected chi connectivity index (χ0v) is 18.1. The SMILES string of the molecule is Cc1ccc(C(=O)NC(C(=O)N/N=C/c2ccc(C(C)(C)C)cc2)C(C)C)cc1. The number of hydrazone groups is 1. The monoisotopic (exact) mass is 393 g/mol. The van der Waals surface area contributed by atoms with Gasteiger partial charge in [-0.05, 0) is 41.5 Å². The lowest BCUT2D eigenvalue weighted by molar-refractivity contribution is -0.123. The van der Waals surface area contributed by atoms with Crippen LogP contribution >= 0.6 is 0 Å². The van der Waals surface area contributed by atoms with Crippen LogP contribution < -0.4 is 10.7 Å². The Morgan fingerprint density at radius 2 is 1.55 bits per heavy atom. The Kier molecular flexibility index (Phi) is 7.32. The van der Waals surface area contributed by atoms with Gasteiger partial charge in [-0.25, -0.2) is 5.43 Å². The van der Waals surface area contributed by atoms with Gasteiger partial charge in [0.15, 0.2) is 0 Å². The van der Waals surface area contributed by atoms with Gasteiger partial charge in [-0.1, -0.05) is 76.6 Å². The molecule has 1 atom stereocenters. The predicted molar refractivity (Wildman–Crippen MR) is 118 cm³/mol. The molecule has 29 heavy (non-hydrogen) atoms. The van der Waals surface area contributed by atoms with Gasteiger partial charge in [0.2, 0.25) is 0 Å². The van der Waals surface area contributed by atoms with Crippen molar-refractivity contribution in [3.63, 3.8) is 0 Å². The first-order valence-electron chi connectivity index (χ1n) is 9.89. The molecule has 2 aromatic carbocycles. The largest absolute Gasteiger partial charge is 0.340 e. The molecule has 0 heterocycles. The molecule has 0 aromatic heterocycles. The lowest BCUT2D eigenvalue weighted by Crippen LogP contribution is -2.48. The average Bonchev–Trinajstić information content (AvgIpc) is 2.65. The second-order valence-electron chi connectivity index (χ2n) is 8.67. The van der Waals surface area contributed by atoms with E-state index < -0.39 is 6.04 Å². The fourth-order valence-corrected chi connectivity index (χ4v) is 2.77. The Bertz CT molecular complexity index is 860. The number of nitrogens with one attached hydrogen (secondary N) is 2. The van der Waals surface area contributed by atoms with E-state index in [2.05, 4.69) is 48.7 Å². The number of hydrogen-bond acceptors (Lipinski definition) is 3. The number of aryl methyl sites for hydroxylation is 1. The molecule has 0 bridgehead atoms. The summed E-state index contributed by atoms with van der Waals surface area (Å²) in [5, 5.41) is 6.85. The highest BCUT2D eigenvalue weighted by Gasteiger charge is 2.24. The normalized spacial score (nSPS) is 12.8. The van der Waals surface area contributed by atoms with E-state index >= 15 is 0 Å². The Balaban J connectivity index is 1.99. The Morgan fingerprint density at radius 3 is 2.07 bits per heavy atom. The lowest BCUT2D eigenvalue weighted by atomic mass is 9.87. The van der Waals surface area contributed by atoms with Crippen molar-refractivity contribution >= 4 is 18.0 Å². The van der Waals surface area contributed by atoms with E-state index in [1.54, 1.807) is 18.3 Å². The molecule has 0 saturated carbocycles. The summed E-state index contributed by atoms with van der Waals surface area (Å²) >= 11 is 0. The topological polar surface area (TPSA) is 70.6 Å². The summed E-state index contributed by atoms with van der Waals surface area (Å²) in [4.78, 5) is 25.0. The molecule has 2 amide bonds. The first-order valence-corrected chi connectivity index (χ1v) is 9.89. The molecule has 0 radical (unpaired) electrons. The van der Waals surface area contributed by atoms with Gasteiger partial charge < -0.3 is 5.32 Å². The van der Waals surface area contributed by atoms with Gasteiger partial charge in [-0.3, -0.25) is 9.59 Å². The standard InChI is InChI=1S/C24H31N3O2/c1-16(2)21(26-22(28)19-11-7-17(3)8-12-19)23(29)27-25-15-18-9-13-20(14-10-18)24(4,5)6/h7-16,21H,1-6H3,(H,26,28)(H,27,29)/b25-15+. The van der Waals surface area contributed by atoms with E-state index in [1.165, 1.54) is 5.56 Å². The highest BCUT2D eigenvalue weighted by atomic mass is 16.2. The fourth-order valence-electron chi connectivity index (χ4n) is 2.77. The smallest absolute Gasteiger partial charge is 0.262 e. The number of hydrogen-bond donors (Lipinski definition) is 2. The second kappa shape index (κ2) is 9.50. The van der Waals surface area contributed by atoms with Crippen molar-refractivity contribution in [1.82, 2.24) is 10.7 Å². The van der Waals surface area contributed by atoms with E-state index in [4.69, 9.17) is 0 Å². The summed E-state index contributed by atoms with van der Waals surface area (Å²) in [6.07, 6.45) is 1.60. The van der Waals surface area contributed by atoms with Crippen molar-refractivity contribution in [2.45, 2.75) is 53.0 Å². The second-order valence-corrected chi connectivity index (χ2v) is 8.67. The van der Waals surface area contributed by atoms with Gasteiger partial charge in [0.25, 0.3) is 11.8 Å². The van der Waals surface area contributed by atoms with Crippen LogP contribution in [-0.2, 0) is 10.2 Å². The third-order valence-corrected chi connectivity index (χ3v) is 4.71. The molecule has 5 heteroatoms. The molecule has 0 spiro atoms. The van der Waals surface area contributed by atoms with Gasteiger partial charge in [0.05, 0.1) is 6.21 Å². The Morgan fingerprint density at radius 1 is 0.966 bits per heavy atom. The number of carbonyl (C=O) groups is 2. The molecule has 0 saturated heterocycles. The number of nitrogens with zero attached hydrogens (tertiary/aromatic N) is 1. The Hall–Kier alpha value is -2.95. The van der Waals surface area contributed by atoms with E-state index in [1.807, 2.05) is 45.0 Å². The molecule has 5 nitrogen and oxygen atoms in total. The van der Waals surface area contributed by atoms with Crippen molar-refractivity contribution in [1.29, 1.82) is 0 Å². The highest BCUT2D eigenvalue weighted by molar-refractivity contribution is 5.97. The lowest BCUT2D eigenvalue weighted by Gasteiger charge is -2.20. The molecule has 0 fully saturated rings. The molecule has 1 unspecified atom stereocenters. The first kappa shape index (κ1) is 22.3. The van der Waals surface area contributed by atoms with Crippen LogP contribution in [0.2, 0.25) is 0 Å². The Labute approximate surface area is 173 Å². The van der Waals surface area contributed by atoms with Crippen LogP contribution in [0.5, 0.6) is 0 Å². The van der Waals surface area contributed by atoms with Crippen LogP contribution in [0.1, 0.15) is 61.7 Å². The molecular weight excluding hydrogens is 362 g/mol. The molecule has 0 aliphatic heterocycles. The van der Waals surface area contributed by atoms with Crippen molar-refractivity contribution in [3.8, 4) is 0 Å². The van der Waals surface area contributed by atoms with Gasteiger partial charge in [0.1, 0.15) is 6.04 Å². The molecular formula is C24H31N3O2.